The fourth-order valence-electron chi connectivity index (χ4n) is 2.37. The van der Waals surface area contributed by atoms with Crippen molar-refractivity contribution in [1.82, 2.24) is 4.90 Å². The van der Waals surface area contributed by atoms with Crippen molar-refractivity contribution in [3.8, 4) is 5.75 Å². The Hall–Kier alpha value is -1.17. The van der Waals surface area contributed by atoms with Crippen LogP contribution in [0.1, 0.15) is 12.0 Å². The maximum Gasteiger partial charge on any atom is 0.126 e. The summed E-state index contributed by atoms with van der Waals surface area (Å²) >= 11 is 0. The predicted molar refractivity (Wildman–Crippen MR) is 71.6 cm³/mol. The summed E-state index contributed by atoms with van der Waals surface area (Å²) in [5.41, 5.74) is 6.56. The molecule has 1 saturated heterocycles. The zero-order chi connectivity index (χ0) is 13.7. The zero-order valence-electron chi connectivity index (χ0n) is 11.3. The summed E-state index contributed by atoms with van der Waals surface area (Å²) in [7, 11) is 1.56. The smallest absolute Gasteiger partial charge is 0.126 e. The summed E-state index contributed by atoms with van der Waals surface area (Å²) < 4.78 is 24.0. The van der Waals surface area contributed by atoms with Crippen molar-refractivity contribution in [3.05, 3.63) is 29.6 Å². The average Bonchev–Trinajstić information content (AvgIpc) is 2.41. The first-order valence-corrected chi connectivity index (χ1v) is 6.59. The van der Waals surface area contributed by atoms with Crippen LogP contribution in [0.15, 0.2) is 18.2 Å². The summed E-state index contributed by atoms with van der Waals surface area (Å²) in [6.45, 7) is 3.83. The van der Waals surface area contributed by atoms with Gasteiger partial charge >= 0.3 is 0 Å². The maximum atomic E-state index is 13.1. The first-order valence-electron chi connectivity index (χ1n) is 6.59. The van der Waals surface area contributed by atoms with Gasteiger partial charge in [0.05, 0.1) is 19.8 Å². The van der Waals surface area contributed by atoms with Gasteiger partial charge in [-0.25, -0.2) is 4.39 Å². The maximum absolute atomic E-state index is 13.1. The highest BCUT2D eigenvalue weighted by molar-refractivity contribution is 5.33. The van der Waals surface area contributed by atoms with E-state index in [0.29, 0.717) is 18.9 Å². The van der Waals surface area contributed by atoms with Gasteiger partial charge in [-0.1, -0.05) is 6.07 Å². The van der Waals surface area contributed by atoms with Crippen molar-refractivity contribution in [2.24, 2.45) is 5.73 Å². The van der Waals surface area contributed by atoms with Gasteiger partial charge in [-0.15, -0.1) is 0 Å². The number of ether oxygens (including phenoxy) is 2. The third kappa shape index (κ3) is 3.89. The van der Waals surface area contributed by atoms with E-state index < -0.39 is 0 Å². The van der Waals surface area contributed by atoms with Gasteiger partial charge in [-0.2, -0.15) is 0 Å². The van der Waals surface area contributed by atoms with Gasteiger partial charge in [0.2, 0.25) is 0 Å². The Balaban J connectivity index is 2.00. The molecule has 5 heteroatoms. The van der Waals surface area contributed by atoms with Crippen molar-refractivity contribution < 1.29 is 13.9 Å². The van der Waals surface area contributed by atoms with Gasteiger partial charge < -0.3 is 15.2 Å². The lowest BCUT2D eigenvalue weighted by Crippen LogP contribution is -2.42. The number of hydrogen-bond donors (Lipinski definition) is 1. The van der Waals surface area contributed by atoms with Gasteiger partial charge in [0.25, 0.3) is 0 Å². The molecule has 1 heterocycles. The molecule has 2 rings (SSSR count). The van der Waals surface area contributed by atoms with Crippen molar-refractivity contribution in [3.63, 3.8) is 0 Å². The van der Waals surface area contributed by atoms with Crippen LogP contribution >= 0.6 is 0 Å². The van der Waals surface area contributed by atoms with Crippen molar-refractivity contribution in [2.45, 2.75) is 19.1 Å². The molecule has 0 unspecified atom stereocenters. The SMILES string of the molecule is COc1cc(F)ccc1CN1CCO[C@@H](CCN)C1. The number of nitrogens with two attached hydrogens (primary N) is 1. The summed E-state index contributed by atoms with van der Waals surface area (Å²) in [6, 6.07) is 4.67. The van der Waals surface area contributed by atoms with E-state index in [9.17, 15) is 4.39 Å². The molecule has 19 heavy (non-hydrogen) atoms. The number of morpholine rings is 1. The Bertz CT molecular complexity index is 412. The minimum absolute atomic E-state index is 0.199. The molecule has 4 nitrogen and oxygen atoms in total. The molecule has 0 aromatic heterocycles. The van der Waals surface area contributed by atoms with E-state index in [1.54, 1.807) is 13.2 Å². The van der Waals surface area contributed by atoms with E-state index >= 15 is 0 Å². The van der Waals surface area contributed by atoms with Crippen LogP contribution in [0.25, 0.3) is 0 Å². The molecule has 1 aromatic rings. The minimum Gasteiger partial charge on any atom is -0.496 e. The molecule has 0 amide bonds. The van der Waals surface area contributed by atoms with Crippen LogP contribution in [-0.2, 0) is 11.3 Å². The van der Waals surface area contributed by atoms with Crippen molar-refractivity contribution >= 4 is 0 Å². The third-order valence-electron chi connectivity index (χ3n) is 3.35. The second kappa shape index (κ2) is 6.84. The molecule has 1 aliphatic rings. The first-order chi connectivity index (χ1) is 9.22. The standard InChI is InChI=1S/C14H21FN2O2/c1-18-14-8-12(15)3-2-11(14)9-17-6-7-19-13(10-17)4-5-16/h2-3,8,13H,4-7,9-10,16H2,1H3/t13-/m0/s1. The second-order valence-corrected chi connectivity index (χ2v) is 4.76. The Morgan fingerprint density at radius 2 is 2.37 bits per heavy atom. The van der Waals surface area contributed by atoms with Crippen LogP contribution in [0.4, 0.5) is 4.39 Å². The molecule has 1 fully saturated rings. The molecule has 0 aliphatic carbocycles. The zero-order valence-corrected chi connectivity index (χ0v) is 11.3. The van der Waals surface area contributed by atoms with Crippen LogP contribution in [0.3, 0.4) is 0 Å². The highest BCUT2D eigenvalue weighted by atomic mass is 19.1. The van der Waals surface area contributed by atoms with E-state index in [-0.39, 0.29) is 11.9 Å². The third-order valence-corrected chi connectivity index (χ3v) is 3.35. The van der Waals surface area contributed by atoms with Gasteiger partial charge in [0.1, 0.15) is 11.6 Å². The summed E-state index contributed by atoms with van der Waals surface area (Å²) in [5.74, 6) is 0.324. The number of hydrogen-bond acceptors (Lipinski definition) is 4. The normalized spacial score (nSPS) is 20.5. The van der Waals surface area contributed by atoms with E-state index in [4.69, 9.17) is 15.2 Å². The van der Waals surface area contributed by atoms with Crippen LogP contribution in [-0.4, -0.2) is 44.4 Å². The molecule has 106 valence electrons. The first kappa shape index (κ1) is 14.2. The number of benzene rings is 1. The Morgan fingerprint density at radius 1 is 1.53 bits per heavy atom. The summed E-state index contributed by atoms with van der Waals surface area (Å²) in [5, 5.41) is 0. The number of methoxy groups -OCH3 is 1. The predicted octanol–water partition coefficient (Wildman–Crippen LogP) is 1.38. The fourth-order valence-corrected chi connectivity index (χ4v) is 2.37. The van der Waals surface area contributed by atoms with Crippen LogP contribution in [0.2, 0.25) is 0 Å². The molecule has 0 bridgehead atoms. The van der Waals surface area contributed by atoms with E-state index in [2.05, 4.69) is 4.90 Å². The highest BCUT2D eigenvalue weighted by Gasteiger charge is 2.20. The second-order valence-electron chi connectivity index (χ2n) is 4.76. The topological polar surface area (TPSA) is 47.7 Å². The Kier molecular flexibility index (Phi) is 5.13. The lowest BCUT2D eigenvalue weighted by atomic mass is 10.1. The van der Waals surface area contributed by atoms with Gasteiger partial charge in [-0.3, -0.25) is 4.90 Å². The molecule has 0 spiro atoms. The molecular formula is C14H21FN2O2. The molecule has 2 N–H and O–H groups in total. The van der Waals surface area contributed by atoms with Crippen LogP contribution in [0, 0.1) is 5.82 Å². The van der Waals surface area contributed by atoms with Gasteiger partial charge in [0.15, 0.2) is 0 Å². The molecule has 1 atom stereocenters. The number of rotatable bonds is 5. The quantitative estimate of drug-likeness (QED) is 0.876. The van der Waals surface area contributed by atoms with E-state index in [1.165, 1.54) is 12.1 Å². The van der Waals surface area contributed by atoms with Crippen molar-refractivity contribution in [1.29, 1.82) is 0 Å². The number of halogens is 1. The van der Waals surface area contributed by atoms with Gasteiger partial charge in [-0.05, 0) is 19.0 Å². The monoisotopic (exact) mass is 268 g/mol. The molecular weight excluding hydrogens is 247 g/mol. The Morgan fingerprint density at radius 3 is 3.11 bits per heavy atom. The molecule has 0 radical (unpaired) electrons. The minimum atomic E-state index is -0.274. The summed E-state index contributed by atoms with van der Waals surface area (Å²) in [4.78, 5) is 2.29. The molecule has 0 saturated carbocycles. The highest BCUT2D eigenvalue weighted by Crippen LogP contribution is 2.22. The summed E-state index contributed by atoms with van der Waals surface area (Å²) in [6.07, 6.45) is 1.07. The van der Waals surface area contributed by atoms with Crippen LogP contribution in [0.5, 0.6) is 5.75 Å². The number of nitrogens with zero attached hydrogens (tertiary/aromatic N) is 1. The largest absolute Gasteiger partial charge is 0.496 e. The Labute approximate surface area is 113 Å². The van der Waals surface area contributed by atoms with Gasteiger partial charge in [0, 0.05) is 31.3 Å². The van der Waals surface area contributed by atoms with E-state index in [0.717, 1.165) is 31.6 Å². The van der Waals surface area contributed by atoms with Crippen molar-refractivity contribution in [2.75, 3.05) is 33.4 Å². The lowest BCUT2D eigenvalue weighted by Gasteiger charge is -2.33. The van der Waals surface area contributed by atoms with Crippen LogP contribution < -0.4 is 10.5 Å². The molecule has 1 aromatic carbocycles. The lowest BCUT2D eigenvalue weighted by molar-refractivity contribution is -0.0337. The van der Waals surface area contributed by atoms with E-state index in [1.807, 2.05) is 0 Å². The fraction of sp³-hybridized carbons (Fsp3) is 0.571. The average molecular weight is 268 g/mol. The molecule has 1 aliphatic heterocycles.